The normalized spacial score (nSPS) is 10.8. The van der Waals surface area contributed by atoms with Crippen molar-refractivity contribution < 1.29 is 14.2 Å². The van der Waals surface area contributed by atoms with Gasteiger partial charge in [-0.25, -0.2) is 9.42 Å². The second kappa shape index (κ2) is 6.71. The van der Waals surface area contributed by atoms with Gasteiger partial charge in [0.2, 0.25) is 11.6 Å². The topological polar surface area (TPSA) is 122 Å². The predicted molar refractivity (Wildman–Crippen MR) is 85.7 cm³/mol. The molecule has 0 saturated heterocycles. The molecule has 0 bridgehead atoms. The van der Waals surface area contributed by atoms with Crippen molar-refractivity contribution >= 4 is 23.5 Å². The highest BCUT2D eigenvalue weighted by Crippen LogP contribution is 2.26. The van der Waals surface area contributed by atoms with Crippen molar-refractivity contribution in [1.82, 2.24) is 25.3 Å². The molecule has 0 spiro atoms. The molecule has 0 unspecified atom stereocenters. The molecule has 24 heavy (non-hydrogen) atoms. The summed E-state index contributed by atoms with van der Waals surface area (Å²) in [6.07, 6.45) is 0. The Kier molecular flexibility index (Phi) is 4.47. The van der Waals surface area contributed by atoms with Crippen LogP contribution in [0.3, 0.4) is 0 Å². The fraction of sp³-hybridized carbons (Fsp3) is 0.214. The number of nitrogens with zero attached hydrogens (tertiary/aromatic N) is 5. The number of aromatic nitrogens is 5. The van der Waals surface area contributed by atoms with Gasteiger partial charge < -0.3 is 10.5 Å². The van der Waals surface area contributed by atoms with Crippen molar-refractivity contribution in [1.29, 1.82) is 0 Å². The zero-order valence-corrected chi connectivity index (χ0v) is 13.8. The Morgan fingerprint density at radius 2 is 2.08 bits per heavy atom. The number of nitrogen functional groups attached to an aromatic ring is 1. The second-order valence-corrected chi connectivity index (χ2v) is 5.91. The van der Waals surface area contributed by atoms with E-state index >= 15 is 0 Å². The van der Waals surface area contributed by atoms with Crippen LogP contribution >= 0.6 is 11.8 Å². The Hall–Kier alpha value is -2.88. The van der Waals surface area contributed by atoms with Crippen LogP contribution in [-0.2, 0) is 10.5 Å². The summed E-state index contributed by atoms with van der Waals surface area (Å²) in [6.45, 7) is 2.02. The van der Waals surface area contributed by atoms with Gasteiger partial charge in [-0.1, -0.05) is 22.9 Å². The van der Waals surface area contributed by atoms with Gasteiger partial charge in [-0.05, 0) is 29.4 Å². The molecule has 9 nitrogen and oxygen atoms in total. The van der Waals surface area contributed by atoms with Crippen molar-refractivity contribution in [3.8, 4) is 5.82 Å². The third-order valence-corrected chi connectivity index (χ3v) is 4.26. The Balaban J connectivity index is 1.94. The molecule has 1 aromatic carbocycles. The van der Waals surface area contributed by atoms with E-state index in [9.17, 15) is 4.79 Å². The Morgan fingerprint density at radius 1 is 1.33 bits per heavy atom. The van der Waals surface area contributed by atoms with E-state index in [0.717, 1.165) is 4.90 Å². The van der Waals surface area contributed by atoms with E-state index in [4.69, 9.17) is 10.5 Å². The highest BCUT2D eigenvalue weighted by molar-refractivity contribution is 7.98. The Morgan fingerprint density at radius 3 is 2.71 bits per heavy atom. The number of anilines is 1. The van der Waals surface area contributed by atoms with Crippen LogP contribution in [0.4, 0.5) is 5.82 Å². The predicted octanol–water partition coefficient (Wildman–Crippen LogP) is 1.62. The first-order chi connectivity index (χ1) is 11.6. The summed E-state index contributed by atoms with van der Waals surface area (Å²) in [6, 6.07) is 8.02. The molecule has 10 heteroatoms. The van der Waals surface area contributed by atoms with Crippen LogP contribution in [0.1, 0.15) is 21.7 Å². The number of carbonyl (C=O) groups excluding carboxylic acids is 1. The Labute approximate surface area is 141 Å². The monoisotopic (exact) mass is 346 g/mol. The number of aryl methyl sites for hydroxylation is 1. The number of carbonyl (C=O) groups is 1. The number of methoxy groups -OCH3 is 1. The summed E-state index contributed by atoms with van der Waals surface area (Å²) in [5.74, 6) is 0.0538. The number of benzene rings is 1. The fourth-order valence-electron chi connectivity index (χ4n) is 1.98. The maximum absolute atomic E-state index is 11.9. The molecule has 0 aliphatic carbocycles. The number of esters is 1. The van der Waals surface area contributed by atoms with Crippen LogP contribution in [0.25, 0.3) is 5.82 Å². The van der Waals surface area contributed by atoms with E-state index in [-0.39, 0.29) is 17.3 Å². The minimum Gasteiger partial charge on any atom is -0.464 e. The van der Waals surface area contributed by atoms with E-state index in [1.807, 2.05) is 31.2 Å². The third-order valence-electron chi connectivity index (χ3n) is 3.23. The van der Waals surface area contributed by atoms with Crippen LogP contribution in [0.2, 0.25) is 0 Å². The lowest BCUT2D eigenvalue weighted by Crippen LogP contribution is -2.09. The minimum atomic E-state index is -0.587. The summed E-state index contributed by atoms with van der Waals surface area (Å²) in [5, 5.41) is 15.0. The van der Waals surface area contributed by atoms with Gasteiger partial charge in [0.05, 0.1) is 12.8 Å². The van der Waals surface area contributed by atoms with E-state index in [2.05, 4.69) is 25.3 Å². The zero-order chi connectivity index (χ0) is 17.1. The van der Waals surface area contributed by atoms with E-state index < -0.39 is 5.97 Å². The van der Waals surface area contributed by atoms with Crippen molar-refractivity contribution in [2.75, 3.05) is 12.8 Å². The molecular weight excluding hydrogens is 332 g/mol. The van der Waals surface area contributed by atoms with Gasteiger partial charge in [0, 0.05) is 10.6 Å². The molecule has 3 aromatic rings. The maximum atomic E-state index is 11.9. The van der Waals surface area contributed by atoms with E-state index in [1.165, 1.54) is 29.1 Å². The average Bonchev–Trinajstić information content (AvgIpc) is 3.19. The van der Waals surface area contributed by atoms with Crippen molar-refractivity contribution in [3.63, 3.8) is 0 Å². The lowest BCUT2D eigenvalue weighted by atomic mass is 10.2. The molecule has 2 aromatic heterocycles. The second-order valence-electron chi connectivity index (χ2n) is 4.86. The highest BCUT2D eigenvalue weighted by Gasteiger charge is 2.24. The standard InChI is InChI=1S/C14H14N6O3S/c1-8-3-5-9(6-4-8)24-7-10-11(14(21)22-2)16-19-20(10)13-12(15)17-23-18-13/h3-6H,7H2,1-2H3,(H2,15,17). The molecule has 0 aliphatic heterocycles. The van der Waals surface area contributed by atoms with Gasteiger partial charge in [0.15, 0.2) is 5.69 Å². The summed E-state index contributed by atoms with van der Waals surface area (Å²) >= 11 is 1.52. The van der Waals surface area contributed by atoms with Crippen molar-refractivity contribution in [3.05, 3.63) is 41.2 Å². The van der Waals surface area contributed by atoms with Crippen LogP contribution in [0, 0.1) is 6.92 Å². The summed E-state index contributed by atoms with van der Waals surface area (Å²) < 4.78 is 10.7. The van der Waals surface area contributed by atoms with Gasteiger partial charge in [-0.2, -0.15) is 4.68 Å². The van der Waals surface area contributed by atoms with Crippen LogP contribution < -0.4 is 5.73 Å². The lowest BCUT2D eigenvalue weighted by Gasteiger charge is -2.05. The first kappa shape index (κ1) is 16.0. The van der Waals surface area contributed by atoms with Crippen LogP contribution in [-0.4, -0.2) is 38.4 Å². The molecule has 2 heterocycles. The van der Waals surface area contributed by atoms with Crippen LogP contribution in [0.15, 0.2) is 33.8 Å². The molecule has 0 amide bonds. The molecule has 0 atom stereocenters. The first-order valence-electron chi connectivity index (χ1n) is 6.91. The van der Waals surface area contributed by atoms with Gasteiger partial charge in [-0.15, -0.1) is 16.9 Å². The van der Waals surface area contributed by atoms with E-state index in [0.29, 0.717) is 11.4 Å². The molecule has 0 fully saturated rings. The number of rotatable bonds is 5. The molecular formula is C14H14N6O3S. The molecule has 0 aliphatic rings. The number of thioether (sulfide) groups is 1. The summed E-state index contributed by atoms with van der Waals surface area (Å²) in [4.78, 5) is 13.0. The van der Waals surface area contributed by atoms with Gasteiger partial charge in [-0.3, -0.25) is 0 Å². The Bertz CT molecular complexity index is 858. The van der Waals surface area contributed by atoms with E-state index in [1.54, 1.807) is 0 Å². The largest absolute Gasteiger partial charge is 0.464 e. The number of nitrogens with two attached hydrogens (primary N) is 1. The molecule has 3 rings (SSSR count). The SMILES string of the molecule is COC(=O)c1nnn(-c2nonc2N)c1CSc1ccc(C)cc1. The van der Waals surface area contributed by atoms with Gasteiger partial charge in [0.25, 0.3) is 0 Å². The zero-order valence-electron chi connectivity index (χ0n) is 13.0. The molecule has 124 valence electrons. The van der Waals surface area contributed by atoms with Gasteiger partial charge >= 0.3 is 5.97 Å². The average molecular weight is 346 g/mol. The van der Waals surface area contributed by atoms with Crippen molar-refractivity contribution in [2.45, 2.75) is 17.6 Å². The maximum Gasteiger partial charge on any atom is 0.360 e. The summed E-state index contributed by atoms with van der Waals surface area (Å²) in [7, 11) is 1.28. The van der Waals surface area contributed by atoms with Crippen LogP contribution in [0.5, 0.6) is 0 Å². The lowest BCUT2D eigenvalue weighted by molar-refractivity contribution is 0.0593. The highest BCUT2D eigenvalue weighted by atomic mass is 32.2. The molecule has 0 saturated carbocycles. The fourth-order valence-corrected chi connectivity index (χ4v) is 2.87. The smallest absolute Gasteiger partial charge is 0.360 e. The van der Waals surface area contributed by atoms with Crippen molar-refractivity contribution in [2.24, 2.45) is 0 Å². The third kappa shape index (κ3) is 3.08. The molecule has 2 N–H and O–H groups in total. The van der Waals surface area contributed by atoms with Gasteiger partial charge in [0.1, 0.15) is 0 Å². The quantitative estimate of drug-likeness (QED) is 0.542. The number of hydrogen-bond donors (Lipinski definition) is 1. The minimum absolute atomic E-state index is 0.0536. The summed E-state index contributed by atoms with van der Waals surface area (Å²) in [5.41, 5.74) is 7.47. The number of hydrogen-bond acceptors (Lipinski definition) is 9. The molecule has 0 radical (unpaired) electrons. The first-order valence-corrected chi connectivity index (χ1v) is 7.89. The number of ether oxygens (including phenoxy) is 1.